The van der Waals surface area contributed by atoms with Crippen LogP contribution in [0.5, 0.6) is 0 Å². The van der Waals surface area contributed by atoms with Gasteiger partial charge in [-0.25, -0.2) is 13.2 Å². The molecule has 2 aromatic carbocycles. The summed E-state index contributed by atoms with van der Waals surface area (Å²) in [4.78, 5) is 16.5. The number of benzene rings is 2. The SMILES string of the molecule is CCN(CC)S(=O)(=O)c1cc(C(=O)OCc2nc(-c3ccc(Cl)cc3)no2)ccc1Cl. The standard InChI is InChI=1S/C20H19Cl2N3O5S/c1-3-25(4-2)31(27,28)17-11-14(7-10-16(17)22)20(26)29-12-18-23-19(24-30-18)13-5-8-15(21)9-6-13/h5-11H,3-4,12H2,1-2H3. The van der Waals surface area contributed by atoms with Gasteiger partial charge in [-0.15, -0.1) is 0 Å². The van der Waals surface area contributed by atoms with Crippen LogP contribution in [0, 0.1) is 0 Å². The minimum atomic E-state index is -3.84. The number of carbonyl (C=O) groups excluding carboxylic acids is 1. The van der Waals surface area contributed by atoms with Crippen molar-refractivity contribution in [2.75, 3.05) is 13.1 Å². The molecule has 0 amide bonds. The molecule has 3 aromatic rings. The average molecular weight is 484 g/mol. The average Bonchev–Trinajstić information content (AvgIpc) is 3.22. The molecule has 0 aliphatic carbocycles. The second-order valence-corrected chi connectivity index (χ2v) is 9.08. The number of rotatable bonds is 8. The maximum absolute atomic E-state index is 12.8. The first-order valence-electron chi connectivity index (χ1n) is 9.31. The van der Waals surface area contributed by atoms with E-state index in [0.717, 1.165) is 0 Å². The zero-order valence-corrected chi connectivity index (χ0v) is 19.0. The van der Waals surface area contributed by atoms with Crippen molar-refractivity contribution in [3.63, 3.8) is 0 Å². The van der Waals surface area contributed by atoms with E-state index in [0.29, 0.717) is 16.4 Å². The van der Waals surface area contributed by atoms with Crippen LogP contribution >= 0.6 is 23.2 Å². The van der Waals surface area contributed by atoms with Crippen molar-refractivity contribution in [3.05, 3.63) is 64.0 Å². The van der Waals surface area contributed by atoms with E-state index < -0.39 is 16.0 Å². The summed E-state index contributed by atoms with van der Waals surface area (Å²) >= 11 is 11.9. The quantitative estimate of drug-likeness (QED) is 0.436. The van der Waals surface area contributed by atoms with Crippen molar-refractivity contribution in [2.45, 2.75) is 25.3 Å². The summed E-state index contributed by atoms with van der Waals surface area (Å²) in [5.74, 6) is -0.344. The number of hydrogen-bond donors (Lipinski definition) is 0. The number of sulfonamides is 1. The first-order chi connectivity index (χ1) is 14.8. The molecule has 0 bridgehead atoms. The monoisotopic (exact) mass is 483 g/mol. The van der Waals surface area contributed by atoms with Gasteiger partial charge in [0.15, 0.2) is 6.61 Å². The van der Waals surface area contributed by atoms with E-state index in [9.17, 15) is 13.2 Å². The Bertz CT molecular complexity index is 1180. The molecule has 0 saturated carbocycles. The van der Waals surface area contributed by atoms with E-state index in [1.807, 2.05) is 0 Å². The van der Waals surface area contributed by atoms with E-state index in [2.05, 4.69) is 10.1 Å². The third kappa shape index (κ3) is 5.24. The number of hydrogen-bond acceptors (Lipinski definition) is 7. The first-order valence-corrected chi connectivity index (χ1v) is 11.5. The molecule has 8 nitrogen and oxygen atoms in total. The highest BCUT2D eigenvalue weighted by Crippen LogP contribution is 2.26. The maximum Gasteiger partial charge on any atom is 0.338 e. The summed E-state index contributed by atoms with van der Waals surface area (Å²) in [5.41, 5.74) is 0.724. The van der Waals surface area contributed by atoms with E-state index in [1.54, 1.807) is 38.1 Å². The third-order valence-electron chi connectivity index (χ3n) is 4.39. The summed E-state index contributed by atoms with van der Waals surface area (Å²) in [6.07, 6.45) is 0. The number of nitrogens with zero attached hydrogens (tertiary/aromatic N) is 3. The Morgan fingerprint density at radius 1 is 1.10 bits per heavy atom. The molecule has 0 saturated heterocycles. The molecular formula is C20H19Cl2N3O5S. The lowest BCUT2D eigenvalue weighted by molar-refractivity contribution is 0.0429. The van der Waals surface area contributed by atoms with Gasteiger partial charge in [0.2, 0.25) is 15.8 Å². The van der Waals surface area contributed by atoms with E-state index in [4.69, 9.17) is 32.5 Å². The van der Waals surface area contributed by atoms with Crippen molar-refractivity contribution in [1.29, 1.82) is 0 Å². The van der Waals surface area contributed by atoms with Crippen molar-refractivity contribution >= 4 is 39.2 Å². The van der Waals surface area contributed by atoms with Gasteiger partial charge in [0, 0.05) is 23.7 Å². The molecule has 0 atom stereocenters. The molecule has 164 valence electrons. The molecule has 3 rings (SSSR count). The van der Waals surface area contributed by atoms with Gasteiger partial charge in [0.1, 0.15) is 4.90 Å². The Hall–Kier alpha value is -2.46. The Kier molecular flexibility index (Phi) is 7.32. The van der Waals surface area contributed by atoms with Crippen LogP contribution in [0.2, 0.25) is 10.0 Å². The largest absolute Gasteiger partial charge is 0.452 e. The molecular weight excluding hydrogens is 465 g/mol. The molecule has 0 aliphatic heterocycles. The number of carbonyl (C=O) groups is 1. The highest BCUT2D eigenvalue weighted by atomic mass is 35.5. The molecule has 0 spiro atoms. The molecule has 0 aliphatic rings. The molecule has 0 N–H and O–H groups in total. The molecule has 1 heterocycles. The van der Waals surface area contributed by atoms with Gasteiger partial charge in [-0.2, -0.15) is 9.29 Å². The zero-order chi connectivity index (χ0) is 22.6. The number of ether oxygens (including phenoxy) is 1. The lowest BCUT2D eigenvalue weighted by Gasteiger charge is -2.19. The van der Waals surface area contributed by atoms with Gasteiger partial charge in [-0.05, 0) is 42.5 Å². The predicted octanol–water partition coefficient (Wildman–Crippen LogP) is 4.43. The van der Waals surface area contributed by atoms with Gasteiger partial charge in [-0.3, -0.25) is 0 Å². The molecule has 0 radical (unpaired) electrons. The van der Waals surface area contributed by atoms with Crippen LogP contribution in [0.25, 0.3) is 11.4 Å². The van der Waals surface area contributed by atoms with Gasteiger partial charge in [0.05, 0.1) is 10.6 Å². The summed E-state index contributed by atoms with van der Waals surface area (Å²) in [5, 5.41) is 4.44. The Morgan fingerprint density at radius 2 is 1.77 bits per heavy atom. The molecule has 0 unspecified atom stereocenters. The highest BCUT2D eigenvalue weighted by Gasteiger charge is 2.26. The molecule has 11 heteroatoms. The van der Waals surface area contributed by atoms with E-state index in [1.165, 1.54) is 22.5 Å². The normalized spacial score (nSPS) is 11.6. The topological polar surface area (TPSA) is 103 Å². The molecule has 1 aromatic heterocycles. The van der Waals surface area contributed by atoms with Crippen LogP contribution in [0.3, 0.4) is 0 Å². The van der Waals surface area contributed by atoms with Crippen LogP contribution in [0.15, 0.2) is 51.9 Å². The van der Waals surface area contributed by atoms with Gasteiger partial charge < -0.3 is 9.26 Å². The summed E-state index contributed by atoms with van der Waals surface area (Å²) < 4.78 is 37.1. The molecule has 31 heavy (non-hydrogen) atoms. The van der Waals surface area contributed by atoms with Crippen molar-refractivity contribution < 1.29 is 22.5 Å². The van der Waals surface area contributed by atoms with Crippen LogP contribution in [0.4, 0.5) is 0 Å². The minimum absolute atomic E-state index is 0.0213. The second-order valence-electron chi connectivity index (χ2n) is 6.33. The fourth-order valence-corrected chi connectivity index (χ4v) is 4.86. The van der Waals surface area contributed by atoms with Crippen LogP contribution in [-0.4, -0.2) is 41.9 Å². The Morgan fingerprint density at radius 3 is 2.42 bits per heavy atom. The van der Waals surface area contributed by atoms with Crippen LogP contribution in [-0.2, 0) is 21.4 Å². The zero-order valence-electron chi connectivity index (χ0n) is 16.7. The lowest BCUT2D eigenvalue weighted by atomic mass is 10.2. The van der Waals surface area contributed by atoms with Crippen LogP contribution < -0.4 is 0 Å². The van der Waals surface area contributed by atoms with Crippen LogP contribution in [0.1, 0.15) is 30.1 Å². The predicted molar refractivity (Wildman–Crippen MR) is 115 cm³/mol. The second kappa shape index (κ2) is 9.78. The van der Waals surface area contributed by atoms with E-state index in [-0.39, 0.29) is 41.1 Å². The number of halogens is 2. The highest BCUT2D eigenvalue weighted by molar-refractivity contribution is 7.89. The van der Waals surface area contributed by atoms with Crippen molar-refractivity contribution in [2.24, 2.45) is 0 Å². The van der Waals surface area contributed by atoms with Crippen molar-refractivity contribution in [1.82, 2.24) is 14.4 Å². The summed E-state index contributed by atoms with van der Waals surface area (Å²) in [6.45, 7) is 3.71. The molecule has 0 fully saturated rings. The Balaban J connectivity index is 1.74. The summed E-state index contributed by atoms with van der Waals surface area (Å²) in [7, 11) is -3.84. The number of aromatic nitrogens is 2. The number of esters is 1. The fourth-order valence-electron chi connectivity index (χ4n) is 2.77. The smallest absolute Gasteiger partial charge is 0.338 e. The Labute approximate surface area is 189 Å². The minimum Gasteiger partial charge on any atom is -0.452 e. The maximum atomic E-state index is 12.8. The first kappa shape index (κ1) is 23.2. The van der Waals surface area contributed by atoms with E-state index >= 15 is 0 Å². The summed E-state index contributed by atoms with van der Waals surface area (Å²) in [6, 6.07) is 10.8. The van der Waals surface area contributed by atoms with Crippen molar-refractivity contribution in [3.8, 4) is 11.4 Å². The van der Waals surface area contributed by atoms with Gasteiger partial charge in [0.25, 0.3) is 5.89 Å². The van der Waals surface area contributed by atoms with Gasteiger partial charge in [-0.1, -0.05) is 42.2 Å². The van der Waals surface area contributed by atoms with Gasteiger partial charge >= 0.3 is 5.97 Å². The third-order valence-corrected chi connectivity index (χ3v) is 7.17. The fraction of sp³-hybridized carbons (Fsp3) is 0.250. The lowest BCUT2D eigenvalue weighted by Crippen LogP contribution is -2.31.